The molecule has 0 bridgehead atoms. The summed E-state index contributed by atoms with van der Waals surface area (Å²) >= 11 is 0. The third kappa shape index (κ3) is 4.61. The quantitative estimate of drug-likeness (QED) is 0.330. The molecule has 8 rings (SSSR count). The molecule has 8 atom stereocenters. The maximum atomic E-state index is 10.4. The van der Waals surface area contributed by atoms with E-state index in [0.29, 0.717) is 24.0 Å². The van der Waals surface area contributed by atoms with Gasteiger partial charge in [-0.05, 0) is 117 Å². The van der Waals surface area contributed by atoms with Gasteiger partial charge in [-0.25, -0.2) is 0 Å². The first-order valence-corrected chi connectivity index (χ1v) is 15.7. The first-order chi connectivity index (χ1) is 19.7. The number of phenolic OH excluding ortho intramolecular Hbond substituents is 1. The van der Waals surface area contributed by atoms with Gasteiger partial charge in [0, 0.05) is 18.5 Å². The fraction of sp³-hybridized carbons (Fsp3) is 0.600. The van der Waals surface area contributed by atoms with Crippen molar-refractivity contribution in [2.45, 2.75) is 94.5 Å². The van der Waals surface area contributed by atoms with Gasteiger partial charge < -0.3 is 29.7 Å². The van der Waals surface area contributed by atoms with Crippen LogP contribution in [0.2, 0.25) is 0 Å². The molecule has 0 aromatic heterocycles. The number of nitrogens with zero attached hydrogens (tertiary/aromatic N) is 1. The molecule has 6 nitrogen and oxygen atoms in total. The van der Waals surface area contributed by atoms with Crippen molar-refractivity contribution in [3.8, 4) is 17.2 Å². The summed E-state index contributed by atoms with van der Waals surface area (Å²) in [5.74, 6) is 4.17. The molecule has 3 N–H and O–H groups in total. The number of aromatic hydroxyl groups is 1. The number of methoxy groups -OCH3 is 1. The van der Waals surface area contributed by atoms with E-state index in [-0.39, 0.29) is 40.0 Å². The van der Waals surface area contributed by atoms with Crippen LogP contribution in [0.5, 0.6) is 17.2 Å². The topological polar surface area (TPSA) is 82.4 Å². The number of phenols is 1. The second-order valence-electron chi connectivity index (χ2n) is 13.9. The number of rotatable bonds is 1. The van der Waals surface area contributed by atoms with Crippen LogP contribution < -0.4 is 9.47 Å². The smallest absolute Gasteiger partial charge is 0.166 e. The summed E-state index contributed by atoms with van der Waals surface area (Å²) < 4.78 is 11.8. The minimum atomic E-state index is -0.412. The van der Waals surface area contributed by atoms with Gasteiger partial charge >= 0.3 is 0 Å². The van der Waals surface area contributed by atoms with Gasteiger partial charge in [-0.3, -0.25) is 0 Å². The van der Waals surface area contributed by atoms with Gasteiger partial charge in [0.25, 0.3) is 0 Å². The van der Waals surface area contributed by atoms with Crippen molar-refractivity contribution in [1.29, 1.82) is 0 Å². The van der Waals surface area contributed by atoms with E-state index < -0.39 is 6.10 Å². The van der Waals surface area contributed by atoms with E-state index in [0.717, 1.165) is 56.2 Å². The number of hydrogen-bond donors (Lipinski definition) is 3. The van der Waals surface area contributed by atoms with Crippen LogP contribution >= 0.6 is 17.0 Å². The first kappa shape index (κ1) is 30.0. The Morgan fingerprint density at radius 1 is 1.02 bits per heavy atom. The molecule has 2 aromatic carbocycles. The van der Waals surface area contributed by atoms with Gasteiger partial charge in [-0.1, -0.05) is 31.2 Å². The van der Waals surface area contributed by atoms with E-state index >= 15 is 0 Å². The molecule has 0 amide bonds. The molecule has 228 valence electrons. The van der Waals surface area contributed by atoms with Gasteiger partial charge in [-0.2, -0.15) is 0 Å². The standard InChI is InChI=1S/C18H24O2.C17H21NO3.BrH/c1-18-9-8-14-13-5-3-12(19)10-11(13)2-4-15(14)16(18)6-7-17(18)20;1-18-8-7-17-6-5-12(19)9-14(17)21-16-13(20-2)4-3-11(10-18)15(16)17;/h3,5,10,14-17,19-20H,2,4,6-9H2,1H3;3-6,12,14,19H,7-10H2,1-2H3;1H/t14-,15-,16+,17+,18+;12-,14-,17-;/m10./s1. The Bertz CT molecular complexity index is 1360. The summed E-state index contributed by atoms with van der Waals surface area (Å²) in [6.45, 7) is 4.27. The largest absolute Gasteiger partial charge is 0.508 e. The van der Waals surface area contributed by atoms with Gasteiger partial charge in [0.1, 0.15) is 11.9 Å². The van der Waals surface area contributed by atoms with Gasteiger partial charge in [0.2, 0.25) is 0 Å². The molecule has 6 aliphatic rings. The van der Waals surface area contributed by atoms with E-state index in [1.807, 2.05) is 24.3 Å². The Labute approximate surface area is 260 Å². The van der Waals surface area contributed by atoms with E-state index in [1.54, 1.807) is 7.11 Å². The van der Waals surface area contributed by atoms with Crippen LogP contribution in [-0.2, 0) is 18.4 Å². The molecule has 42 heavy (non-hydrogen) atoms. The summed E-state index contributed by atoms with van der Waals surface area (Å²) in [6, 6.07) is 10.1. The molecular weight excluding hydrogens is 594 g/mol. The van der Waals surface area contributed by atoms with Crippen LogP contribution in [0.25, 0.3) is 0 Å². The van der Waals surface area contributed by atoms with Crippen LogP contribution in [-0.4, -0.2) is 59.2 Å². The highest BCUT2D eigenvalue weighted by molar-refractivity contribution is 8.93. The number of aliphatic hydroxyl groups excluding tert-OH is 2. The van der Waals surface area contributed by atoms with Crippen LogP contribution in [0.1, 0.15) is 80.0 Å². The molecule has 2 heterocycles. The summed E-state index contributed by atoms with van der Waals surface area (Å²) in [7, 11) is 3.84. The highest BCUT2D eigenvalue weighted by Crippen LogP contribution is 2.61. The third-order valence-corrected chi connectivity index (χ3v) is 11.8. The van der Waals surface area contributed by atoms with Crippen molar-refractivity contribution in [3.05, 3.63) is 64.7 Å². The second-order valence-corrected chi connectivity index (χ2v) is 13.9. The monoisotopic (exact) mass is 639 g/mol. The van der Waals surface area contributed by atoms with Gasteiger partial charge in [0.05, 0.1) is 24.7 Å². The highest BCUT2D eigenvalue weighted by Gasteiger charge is 2.55. The van der Waals surface area contributed by atoms with Crippen LogP contribution in [0.15, 0.2) is 42.5 Å². The van der Waals surface area contributed by atoms with Crippen LogP contribution in [0.4, 0.5) is 0 Å². The lowest BCUT2D eigenvalue weighted by molar-refractivity contribution is -0.0226. The third-order valence-electron chi connectivity index (χ3n) is 11.8. The number of benzene rings is 2. The predicted octanol–water partition coefficient (Wildman–Crippen LogP) is 6.04. The normalized spacial score (nSPS) is 37.3. The van der Waals surface area contributed by atoms with Crippen molar-refractivity contribution in [3.63, 3.8) is 0 Å². The first-order valence-electron chi connectivity index (χ1n) is 15.7. The molecule has 0 radical (unpaired) electrons. The number of aliphatic hydroxyl groups is 2. The van der Waals surface area contributed by atoms with Crippen molar-refractivity contribution >= 4 is 17.0 Å². The van der Waals surface area contributed by atoms with Crippen molar-refractivity contribution in [1.82, 2.24) is 4.90 Å². The van der Waals surface area contributed by atoms with Crippen molar-refractivity contribution < 1.29 is 24.8 Å². The summed E-state index contributed by atoms with van der Waals surface area (Å²) in [6.07, 6.45) is 12.2. The lowest BCUT2D eigenvalue weighted by atomic mass is 9.55. The molecule has 1 spiro atoms. The Kier molecular flexibility index (Phi) is 7.95. The summed E-state index contributed by atoms with van der Waals surface area (Å²) in [5, 5.41) is 30.0. The summed E-state index contributed by atoms with van der Waals surface area (Å²) in [5.41, 5.74) is 5.48. The molecule has 4 aliphatic carbocycles. The lowest BCUT2D eigenvalue weighted by Crippen LogP contribution is -2.43. The molecule has 0 saturated heterocycles. The SMILES string of the molecule is Br.COc1ccc2c3c1O[C@H]1C[C@@H](O)C=C[C@@]31CCN(C)C2.C[C@]12CC[C@@H]3c4ccc(O)cc4CC[C@H]3[C@@H]1CC[C@@H]2O. The second kappa shape index (κ2) is 11.1. The van der Waals surface area contributed by atoms with Gasteiger partial charge in [0.15, 0.2) is 11.5 Å². The van der Waals surface area contributed by atoms with E-state index in [9.17, 15) is 15.3 Å². The number of fused-ring (bicyclic) bond motifs is 5. The van der Waals surface area contributed by atoms with Crippen LogP contribution in [0, 0.1) is 17.3 Å². The zero-order valence-electron chi connectivity index (χ0n) is 25.1. The number of hydrogen-bond acceptors (Lipinski definition) is 6. The molecular formula is C35H46BrNO5. The van der Waals surface area contributed by atoms with Crippen molar-refractivity contribution in [2.75, 3.05) is 20.7 Å². The molecule has 2 aromatic rings. The zero-order valence-corrected chi connectivity index (χ0v) is 26.8. The van der Waals surface area contributed by atoms with Crippen molar-refractivity contribution in [2.24, 2.45) is 17.3 Å². The predicted molar refractivity (Wildman–Crippen MR) is 169 cm³/mol. The highest BCUT2D eigenvalue weighted by atomic mass is 79.9. The molecule has 2 aliphatic heterocycles. The summed E-state index contributed by atoms with van der Waals surface area (Å²) in [4.78, 5) is 2.35. The zero-order chi connectivity index (χ0) is 28.5. The van der Waals surface area contributed by atoms with Gasteiger partial charge in [-0.15, -0.1) is 17.0 Å². The molecule has 7 heteroatoms. The maximum absolute atomic E-state index is 10.4. The Morgan fingerprint density at radius 2 is 1.86 bits per heavy atom. The van der Waals surface area contributed by atoms with E-state index in [2.05, 4.69) is 37.1 Å². The number of ether oxygens (including phenoxy) is 2. The minimum Gasteiger partial charge on any atom is -0.508 e. The minimum absolute atomic E-state index is 0. The Morgan fingerprint density at radius 3 is 2.67 bits per heavy atom. The molecule has 0 unspecified atom stereocenters. The number of halogens is 1. The lowest BCUT2D eigenvalue weighted by Gasteiger charge is -2.50. The Balaban J connectivity index is 0.000000147. The fourth-order valence-electron chi connectivity index (χ4n) is 9.62. The van der Waals surface area contributed by atoms with Crippen LogP contribution in [0.3, 0.4) is 0 Å². The van der Waals surface area contributed by atoms with E-state index in [1.165, 1.54) is 41.5 Å². The fourth-order valence-corrected chi connectivity index (χ4v) is 9.62. The maximum Gasteiger partial charge on any atom is 0.166 e. The molecule has 2 saturated carbocycles. The van der Waals surface area contributed by atoms with E-state index in [4.69, 9.17) is 9.47 Å². The average Bonchev–Trinajstić information content (AvgIpc) is 3.41. The molecule has 2 fully saturated rings. The number of aryl methyl sites for hydroxylation is 1. The Hall–Kier alpha value is -2.06. The average molecular weight is 641 g/mol.